The van der Waals surface area contributed by atoms with Crippen LogP contribution in [0, 0.1) is 15.3 Å². The minimum Gasteiger partial charge on any atom is -0.594 e. The summed E-state index contributed by atoms with van der Waals surface area (Å²) in [5.41, 5.74) is -0.259. The van der Waals surface area contributed by atoms with Crippen molar-refractivity contribution in [2.75, 3.05) is 0 Å². The summed E-state index contributed by atoms with van der Waals surface area (Å²) < 4.78 is 0. The lowest BCUT2D eigenvalue weighted by Crippen LogP contribution is -2.29. The number of nitro groups is 1. The summed E-state index contributed by atoms with van der Waals surface area (Å²) in [7, 11) is 0. The van der Waals surface area contributed by atoms with Crippen molar-refractivity contribution in [1.29, 1.82) is 0 Å². The van der Waals surface area contributed by atoms with Crippen molar-refractivity contribution in [2.45, 2.75) is 0 Å². The van der Waals surface area contributed by atoms with Crippen molar-refractivity contribution < 1.29 is 9.77 Å². The average Bonchev–Trinajstić information content (AvgIpc) is 1.88. The number of hydrogen-bond donors (Lipinski definition) is 0. The topological polar surface area (TPSA) is 83.0 Å². The number of aromatic nitrogens is 2. The van der Waals surface area contributed by atoms with E-state index in [2.05, 4.69) is 5.10 Å². The van der Waals surface area contributed by atoms with Gasteiger partial charge in [0.2, 0.25) is 0 Å². The van der Waals surface area contributed by atoms with E-state index >= 15 is 0 Å². The second-order valence-corrected chi connectivity index (χ2v) is 1.54. The monoisotopic (exact) mass is 141 g/mol. The van der Waals surface area contributed by atoms with E-state index < -0.39 is 4.92 Å². The molecule has 0 N–H and O–H groups in total. The van der Waals surface area contributed by atoms with Crippen LogP contribution in [0.1, 0.15) is 0 Å². The zero-order valence-corrected chi connectivity index (χ0v) is 4.80. The Morgan fingerprint density at radius 1 is 1.70 bits per heavy atom. The van der Waals surface area contributed by atoms with Crippen LogP contribution in [0.2, 0.25) is 0 Å². The zero-order chi connectivity index (χ0) is 7.56. The smallest absolute Gasteiger partial charge is 0.337 e. The van der Waals surface area contributed by atoms with Gasteiger partial charge in [-0.3, -0.25) is 10.1 Å². The molecular weight excluding hydrogens is 138 g/mol. The second-order valence-electron chi connectivity index (χ2n) is 1.54. The van der Waals surface area contributed by atoms with Crippen molar-refractivity contribution in [3.63, 3.8) is 0 Å². The van der Waals surface area contributed by atoms with E-state index in [4.69, 9.17) is 0 Å². The Morgan fingerprint density at radius 2 is 2.40 bits per heavy atom. The highest BCUT2D eigenvalue weighted by molar-refractivity contribution is 5.19. The van der Waals surface area contributed by atoms with Crippen LogP contribution < -0.4 is 4.85 Å². The summed E-state index contributed by atoms with van der Waals surface area (Å²) in [6.45, 7) is 0. The van der Waals surface area contributed by atoms with Crippen LogP contribution in [-0.4, -0.2) is 10.0 Å². The van der Waals surface area contributed by atoms with Gasteiger partial charge in [-0.25, -0.2) is 0 Å². The first-order valence-electron chi connectivity index (χ1n) is 2.40. The zero-order valence-electron chi connectivity index (χ0n) is 4.80. The molecule has 0 amide bonds. The Bertz CT molecular complexity index is 262. The lowest BCUT2D eigenvalue weighted by atomic mass is 10.5. The Morgan fingerprint density at radius 3 is 2.80 bits per heavy atom. The maximum Gasteiger partial charge on any atom is 0.337 e. The maximum absolute atomic E-state index is 10.3. The first-order valence-corrected chi connectivity index (χ1v) is 2.40. The fraction of sp³-hybridized carbons (Fsp3) is 0. The first kappa shape index (κ1) is 6.40. The minimum atomic E-state index is -0.657. The lowest BCUT2D eigenvalue weighted by Gasteiger charge is -1.89. The number of hydrogen-bond acceptors (Lipinski definition) is 4. The SMILES string of the molecule is O=[N+]([O-])c1ccn[n+]([O-])c1. The molecule has 0 fully saturated rings. The summed E-state index contributed by atoms with van der Waals surface area (Å²) >= 11 is 0. The molecule has 0 saturated heterocycles. The van der Waals surface area contributed by atoms with Crippen molar-refractivity contribution in [3.05, 3.63) is 33.8 Å². The Kier molecular flexibility index (Phi) is 1.44. The number of rotatable bonds is 1. The normalized spacial score (nSPS) is 9.20. The van der Waals surface area contributed by atoms with Crippen LogP contribution in [-0.2, 0) is 0 Å². The Hall–Kier alpha value is -1.72. The third-order valence-corrected chi connectivity index (χ3v) is 0.879. The highest BCUT2D eigenvalue weighted by Crippen LogP contribution is 2.02. The van der Waals surface area contributed by atoms with E-state index in [0.29, 0.717) is 0 Å². The van der Waals surface area contributed by atoms with Crippen LogP contribution in [0.3, 0.4) is 0 Å². The summed E-state index contributed by atoms with van der Waals surface area (Å²) in [6.07, 6.45) is 1.87. The summed E-state index contributed by atoms with van der Waals surface area (Å²) in [5.74, 6) is 0. The van der Waals surface area contributed by atoms with E-state index in [1.54, 1.807) is 0 Å². The quantitative estimate of drug-likeness (QED) is 0.231. The van der Waals surface area contributed by atoms with Gasteiger partial charge in [0, 0.05) is 11.2 Å². The molecule has 52 valence electrons. The van der Waals surface area contributed by atoms with Gasteiger partial charge in [-0.05, 0) is 0 Å². The molecule has 0 spiro atoms. The molecule has 1 aromatic rings. The van der Waals surface area contributed by atoms with Gasteiger partial charge in [-0.1, -0.05) is 4.85 Å². The van der Waals surface area contributed by atoms with Crippen molar-refractivity contribution in [1.82, 2.24) is 5.10 Å². The van der Waals surface area contributed by atoms with Gasteiger partial charge in [-0.2, -0.15) is 0 Å². The van der Waals surface area contributed by atoms with E-state index in [1.165, 1.54) is 0 Å². The predicted octanol–water partition coefficient (Wildman–Crippen LogP) is -0.377. The Balaban J connectivity index is 3.07. The molecular formula is C4H3N3O3. The lowest BCUT2D eigenvalue weighted by molar-refractivity contribution is -0.672. The van der Waals surface area contributed by atoms with Gasteiger partial charge in [0.25, 0.3) is 6.20 Å². The van der Waals surface area contributed by atoms with Gasteiger partial charge in [0.05, 0.1) is 4.92 Å². The molecule has 0 aliphatic rings. The molecule has 0 atom stereocenters. The predicted molar refractivity (Wildman–Crippen MR) is 29.9 cm³/mol. The van der Waals surface area contributed by atoms with Gasteiger partial charge in [-0.15, -0.1) is 0 Å². The first-order chi connectivity index (χ1) is 4.70. The van der Waals surface area contributed by atoms with Gasteiger partial charge >= 0.3 is 5.69 Å². The van der Waals surface area contributed by atoms with Crippen molar-refractivity contribution in [3.8, 4) is 0 Å². The standard InChI is InChI=1S/C4H3N3O3/c8-6-3-4(7(9)10)1-2-5-6/h1-3H. The summed E-state index contributed by atoms with van der Waals surface area (Å²) in [5, 5.41) is 23.5. The molecule has 0 bridgehead atoms. The Labute approximate surface area is 55.5 Å². The highest BCUT2D eigenvalue weighted by Gasteiger charge is 2.08. The largest absolute Gasteiger partial charge is 0.594 e. The maximum atomic E-state index is 10.3. The van der Waals surface area contributed by atoms with E-state index in [1.807, 2.05) is 0 Å². The molecule has 1 heterocycles. The van der Waals surface area contributed by atoms with Crippen molar-refractivity contribution >= 4 is 5.69 Å². The van der Waals surface area contributed by atoms with Crippen LogP contribution in [0.4, 0.5) is 5.69 Å². The fourth-order valence-corrected chi connectivity index (χ4v) is 0.473. The molecule has 6 nitrogen and oxygen atoms in total. The van der Waals surface area contributed by atoms with Gasteiger partial charge in [0.1, 0.15) is 6.20 Å². The third-order valence-electron chi connectivity index (χ3n) is 0.879. The van der Waals surface area contributed by atoms with Crippen LogP contribution in [0.25, 0.3) is 0 Å². The van der Waals surface area contributed by atoms with Crippen LogP contribution in [0.5, 0.6) is 0 Å². The van der Waals surface area contributed by atoms with E-state index in [0.717, 1.165) is 18.5 Å². The van der Waals surface area contributed by atoms with E-state index in [9.17, 15) is 15.3 Å². The van der Waals surface area contributed by atoms with Crippen molar-refractivity contribution in [2.24, 2.45) is 0 Å². The average molecular weight is 141 g/mol. The molecule has 1 aromatic heterocycles. The molecule has 0 aliphatic carbocycles. The molecule has 10 heavy (non-hydrogen) atoms. The van der Waals surface area contributed by atoms with Gasteiger partial charge in [0.15, 0.2) is 0 Å². The van der Waals surface area contributed by atoms with E-state index in [-0.39, 0.29) is 10.5 Å². The molecule has 0 aromatic carbocycles. The van der Waals surface area contributed by atoms with Crippen LogP contribution in [0.15, 0.2) is 18.5 Å². The highest BCUT2D eigenvalue weighted by atomic mass is 16.6. The summed E-state index contributed by atoms with van der Waals surface area (Å²) in [6, 6.07) is 1.15. The molecule has 0 aliphatic heterocycles. The second kappa shape index (κ2) is 2.26. The number of nitrogens with zero attached hydrogens (tertiary/aromatic N) is 3. The fourth-order valence-electron chi connectivity index (χ4n) is 0.473. The van der Waals surface area contributed by atoms with Gasteiger partial charge < -0.3 is 5.21 Å². The molecule has 6 heteroatoms. The molecule has 0 radical (unpaired) electrons. The van der Waals surface area contributed by atoms with Crippen LogP contribution >= 0.6 is 0 Å². The molecule has 0 saturated carbocycles. The molecule has 1 rings (SSSR count). The molecule has 0 unspecified atom stereocenters. The third kappa shape index (κ3) is 1.16. The summed E-state index contributed by atoms with van der Waals surface area (Å²) in [4.78, 5) is 9.46. The minimum absolute atomic E-state index is 0.137.